The molecule has 1 rings (SSSR count). The molecular formula is C11H20O2. The van der Waals surface area contributed by atoms with Gasteiger partial charge in [-0.2, -0.15) is 0 Å². The van der Waals surface area contributed by atoms with Crippen LogP contribution in [0.3, 0.4) is 0 Å². The van der Waals surface area contributed by atoms with Gasteiger partial charge in [0.25, 0.3) is 0 Å². The molecule has 0 amide bonds. The minimum absolute atomic E-state index is 0.0864. The zero-order chi connectivity index (χ0) is 10.2. The van der Waals surface area contributed by atoms with Crippen molar-refractivity contribution in [2.45, 2.75) is 52.6 Å². The maximum Gasteiger partial charge on any atom is 0.161 e. The minimum Gasteiger partial charge on any atom is -0.346 e. The van der Waals surface area contributed by atoms with Crippen LogP contribution in [0.2, 0.25) is 0 Å². The van der Waals surface area contributed by atoms with E-state index in [0.29, 0.717) is 5.92 Å². The van der Waals surface area contributed by atoms with Gasteiger partial charge in [0.15, 0.2) is 6.29 Å². The summed E-state index contributed by atoms with van der Waals surface area (Å²) in [6.45, 7) is 14.2. The first-order valence-electron chi connectivity index (χ1n) is 4.87. The van der Waals surface area contributed by atoms with E-state index >= 15 is 0 Å². The molecule has 0 spiro atoms. The summed E-state index contributed by atoms with van der Waals surface area (Å²) < 4.78 is 11.6. The minimum atomic E-state index is -0.311. The van der Waals surface area contributed by atoms with Crippen molar-refractivity contribution >= 4 is 0 Å². The van der Waals surface area contributed by atoms with Gasteiger partial charge in [-0.1, -0.05) is 20.4 Å². The molecule has 13 heavy (non-hydrogen) atoms. The molecule has 0 aliphatic carbocycles. The van der Waals surface area contributed by atoms with E-state index in [0.717, 1.165) is 5.57 Å². The van der Waals surface area contributed by atoms with Crippen LogP contribution in [0.25, 0.3) is 0 Å². The molecule has 1 aliphatic heterocycles. The van der Waals surface area contributed by atoms with E-state index in [-0.39, 0.29) is 18.0 Å². The van der Waals surface area contributed by atoms with Crippen molar-refractivity contribution in [3.63, 3.8) is 0 Å². The Bertz CT molecular complexity index is 210. The normalized spacial score (nSPS) is 39.8. The maximum atomic E-state index is 5.86. The second-order valence-electron chi connectivity index (χ2n) is 4.40. The first-order valence-corrected chi connectivity index (χ1v) is 4.87. The van der Waals surface area contributed by atoms with Crippen LogP contribution in [-0.4, -0.2) is 18.0 Å². The summed E-state index contributed by atoms with van der Waals surface area (Å²) in [5.74, 6) is 0.392. The van der Waals surface area contributed by atoms with Crippen molar-refractivity contribution < 1.29 is 9.47 Å². The summed E-state index contributed by atoms with van der Waals surface area (Å²) in [5, 5.41) is 0. The largest absolute Gasteiger partial charge is 0.346 e. The lowest BCUT2D eigenvalue weighted by atomic mass is 9.93. The monoisotopic (exact) mass is 184 g/mol. The Morgan fingerprint density at radius 1 is 1.46 bits per heavy atom. The van der Waals surface area contributed by atoms with Gasteiger partial charge in [0, 0.05) is 5.92 Å². The Morgan fingerprint density at radius 2 is 2.00 bits per heavy atom. The van der Waals surface area contributed by atoms with Crippen molar-refractivity contribution in [2.24, 2.45) is 5.92 Å². The van der Waals surface area contributed by atoms with Gasteiger partial charge in [0.05, 0.1) is 6.10 Å². The van der Waals surface area contributed by atoms with Gasteiger partial charge < -0.3 is 9.47 Å². The topological polar surface area (TPSA) is 18.5 Å². The quantitative estimate of drug-likeness (QED) is 0.614. The van der Waals surface area contributed by atoms with E-state index in [9.17, 15) is 0 Å². The number of ether oxygens (including phenoxy) is 2. The molecule has 2 nitrogen and oxygen atoms in total. The summed E-state index contributed by atoms with van der Waals surface area (Å²) in [5.41, 5.74) is 0.720. The van der Waals surface area contributed by atoms with Gasteiger partial charge in [0.1, 0.15) is 5.60 Å². The second kappa shape index (κ2) is 3.43. The fourth-order valence-electron chi connectivity index (χ4n) is 1.44. The average Bonchev–Trinajstić information content (AvgIpc) is 2.30. The second-order valence-corrected chi connectivity index (χ2v) is 4.40. The number of rotatable bonds is 2. The molecule has 1 heterocycles. The fourth-order valence-corrected chi connectivity index (χ4v) is 1.44. The molecule has 76 valence electrons. The van der Waals surface area contributed by atoms with Gasteiger partial charge >= 0.3 is 0 Å². The van der Waals surface area contributed by atoms with E-state index in [1.54, 1.807) is 0 Å². The molecule has 1 saturated heterocycles. The maximum absolute atomic E-state index is 5.86. The van der Waals surface area contributed by atoms with Crippen LogP contribution >= 0.6 is 0 Å². The molecule has 0 unspecified atom stereocenters. The first-order chi connectivity index (χ1) is 5.88. The summed E-state index contributed by atoms with van der Waals surface area (Å²) in [7, 11) is 0. The molecule has 0 radical (unpaired) electrons. The van der Waals surface area contributed by atoms with Crippen molar-refractivity contribution in [3.05, 3.63) is 12.2 Å². The molecule has 3 atom stereocenters. The van der Waals surface area contributed by atoms with Gasteiger partial charge in [0.2, 0.25) is 0 Å². The van der Waals surface area contributed by atoms with Gasteiger partial charge in [-0.3, -0.25) is 0 Å². The van der Waals surface area contributed by atoms with Crippen molar-refractivity contribution in [3.8, 4) is 0 Å². The van der Waals surface area contributed by atoms with Crippen LogP contribution in [0, 0.1) is 5.92 Å². The zero-order valence-electron chi connectivity index (χ0n) is 9.26. The van der Waals surface area contributed by atoms with Crippen LogP contribution < -0.4 is 0 Å². The van der Waals surface area contributed by atoms with E-state index in [2.05, 4.69) is 20.4 Å². The van der Waals surface area contributed by atoms with E-state index in [1.165, 1.54) is 0 Å². The SMILES string of the molecule is C=C(C)[C@@]1(C)O[C@H](C(C)C)O[C@@H]1C. The molecule has 1 fully saturated rings. The average molecular weight is 184 g/mol. The predicted molar refractivity (Wildman–Crippen MR) is 53.5 cm³/mol. The third-order valence-corrected chi connectivity index (χ3v) is 2.87. The molecular weight excluding hydrogens is 164 g/mol. The smallest absolute Gasteiger partial charge is 0.161 e. The molecule has 0 aromatic carbocycles. The first kappa shape index (κ1) is 10.7. The highest BCUT2D eigenvalue weighted by Crippen LogP contribution is 2.36. The molecule has 0 aromatic heterocycles. The third kappa shape index (κ3) is 1.79. The highest BCUT2D eigenvalue weighted by atomic mass is 16.7. The Hall–Kier alpha value is -0.340. The van der Waals surface area contributed by atoms with Gasteiger partial charge in [-0.15, -0.1) is 0 Å². The summed E-state index contributed by atoms with van der Waals surface area (Å²) in [6.07, 6.45) is 0.00843. The van der Waals surface area contributed by atoms with Gasteiger partial charge in [-0.25, -0.2) is 0 Å². The van der Waals surface area contributed by atoms with E-state index in [1.807, 2.05) is 20.8 Å². The molecule has 2 heteroatoms. The molecule has 0 bridgehead atoms. The highest BCUT2D eigenvalue weighted by molar-refractivity contribution is 5.13. The van der Waals surface area contributed by atoms with Crippen molar-refractivity contribution in [2.75, 3.05) is 0 Å². The molecule has 0 saturated carbocycles. The number of hydrogen-bond donors (Lipinski definition) is 0. The molecule has 0 aromatic rings. The highest BCUT2D eigenvalue weighted by Gasteiger charge is 2.45. The Balaban J connectivity index is 2.76. The Morgan fingerprint density at radius 3 is 2.23 bits per heavy atom. The molecule has 1 aliphatic rings. The Kier molecular flexibility index (Phi) is 2.83. The Labute approximate surface area is 80.9 Å². The van der Waals surface area contributed by atoms with Crippen LogP contribution in [0.15, 0.2) is 12.2 Å². The predicted octanol–water partition coefficient (Wildman–Crippen LogP) is 2.74. The summed E-state index contributed by atoms with van der Waals surface area (Å²) in [6, 6.07) is 0. The van der Waals surface area contributed by atoms with Crippen molar-refractivity contribution in [1.82, 2.24) is 0 Å². The van der Waals surface area contributed by atoms with Crippen LogP contribution in [-0.2, 0) is 9.47 Å². The van der Waals surface area contributed by atoms with Crippen LogP contribution in [0.1, 0.15) is 34.6 Å². The lowest BCUT2D eigenvalue weighted by Gasteiger charge is -2.26. The molecule has 0 N–H and O–H groups in total. The van der Waals surface area contributed by atoms with Crippen LogP contribution in [0.4, 0.5) is 0 Å². The summed E-state index contributed by atoms with van der Waals surface area (Å²) in [4.78, 5) is 0. The van der Waals surface area contributed by atoms with Crippen LogP contribution in [0.5, 0.6) is 0 Å². The third-order valence-electron chi connectivity index (χ3n) is 2.87. The van der Waals surface area contributed by atoms with Crippen molar-refractivity contribution in [1.29, 1.82) is 0 Å². The number of hydrogen-bond acceptors (Lipinski definition) is 2. The summed E-state index contributed by atoms with van der Waals surface area (Å²) >= 11 is 0. The standard InChI is InChI=1S/C11H20O2/c1-7(2)10-12-9(5)11(6,13-10)8(3)4/h7,9-10H,3H2,1-2,4-6H3/t9-,10-,11-/m1/s1. The van der Waals surface area contributed by atoms with E-state index in [4.69, 9.17) is 9.47 Å². The fraction of sp³-hybridized carbons (Fsp3) is 0.818. The van der Waals surface area contributed by atoms with Gasteiger partial charge in [-0.05, 0) is 26.3 Å². The lowest BCUT2D eigenvalue weighted by Crippen LogP contribution is -2.35. The van der Waals surface area contributed by atoms with E-state index < -0.39 is 0 Å². The lowest BCUT2D eigenvalue weighted by molar-refractivity contribution is -0.104. The zero-order valence-corrected chi connectivity index (χ0v) is 9.26.